The largest absolute Gasteiger partial charge is 1.00 e. The van der Waals surface area contributed by atoms with Gasteiger partial charge in [0, 0.05) is 5.92 Å². The average molecular weight is 135 g/mol. The first-order chi connectivity index (χ1) is 3.66. The Balaban J connectivity index is -0.000000245. The first-order valence-electron chi connectivity index (χ1n) is 3.06. The maximum Gasteiger partial charge on any atom is 1.00 e. The van der Waals surface area contributed by atoms with E-state index >= 15 is 0 Å². The molecule has 0 rings (SSSR count). The molecule has 0 heterocycles. The van der Waals surface area contributed by atoms with Crippen LogP contribution < -0.4 is 29.6 Å². The van der Waals surface area contributed by atoms with Crippen molar-refractivity contribution >= 4 is 0 Å². The average Bonchev–Trinajstić information content (AvgIpc) is 1.65. The fourth-order valence-electron chi connectivity index (χ4n) is 0.760. The molecule has 0 fully saturated rings. The summed E-state index contributed by atoms with van der Waals surface area (Å²) in [5.41, 5.74) is 0. The quantitative estimate of drug-likeness (QED) is 0.460. The van der Waals surface area contributed by atoms with Crippen LogP contribution in [0.1, 0.15) is 28.6 Å². The summed E-state index contributed by atoms with van der Waals surface area (Å²) in [4.78, 5) is 0. The van der Waals surface area contributed by atoms with E-state index < -0.39 is 0 Å². The molecule has 1 unspecified atom stereocenters. The second-order valence-electron chi connectivity index (χ2n) is 2.66. The van der Waals surface area contributed by atoms with Crippen LogP contribution in [0.5, 0.6) is 0 Å². The van der Waals surface area contributed by atoms with E-state index in [0.29, 0.717) is 5.92 Å². The Morgan fingerprint density at radius 3 is 2.00 bits per heavy atom. The molecule has 1 atom stereocenters. The van der Waals surface area contributed by atoms with Gasteiger partial charge in [0.05, 0.1) is 6.07 Å². The zero-order chi connectivity index (χ0) is 6.57. The van der Waals surface area contributed by atoms with Gasteiger partial charge in [0.15, 0.2) is 0 Å². The van der Waals surface area contributed by atoms with Crippen LogP contribution in [0.15, 0.2) is 0 Å². The van der Waals surface area contributed by atoms with Crippen molar-refractivity contribution in [1.29, 1.82) is 5.26 Å². The van der Waals surface area contributed by atoms with Crippen LogP contribution in [0.25, 0.3) is 0 Å². The number of nitrogens with zero attached hydrogens (tertiary/aromatic N) is 1. The third-order valence-electron chi connectivity index (χ3n) is 1.05. The van der Waals surface area contributed by atoms with Crippen LogP contribution in [0.3, 0.4) is 0 Å². The van der Waals surface area contributed by atoms with E-state index in [9.17, 15) is 0 Å². The summed E-state index contributed by atoms with van der Waals surface area (Å²) >= 11 is 0. The first kappa shape index (κ1) is 12.2. The molecule has 0 spiro atoms. The molecular formula is C7H14NNa. The van der Waals surface area contributed by atoms with Gasteiger partial charge < -0.3 is 1.43 Å². The van der Waals surface area contributed by atoms with Crippen molar-refractivity contribution in [3.05, 3.63) is 0 Å². The van der Waals surface area contributed by atoms with E-state index in [4.69, 9.17) is 5.26 Å². The molecule has 48 valence electrons. The number of hydrogen-bond acceptors (Lipinski definition) is 1. The SMILES string of the molecule is CC(C)CC(C)C#N.[H-].[Na+]. The maximum atomic E-state index is 8.33. The molecule has 0 aromatic carbocycles. The van der Waals surface area contributed by atoms with Gasteiger partial charge in [-0.3, -0.25) is 0 Å². The van der Waals surface area contributed by atoms with Gasteiger partial charge in [0.25, 0.3) is 0 Å². The van der Waals surface area contributed by atoms with Crippen LogP contribution >= 0.6 is 0 Å². The normalized spacial score (nSPS) is 11.9. The number of rotatable bonds is 2. The van der Waals surface area contributed by atoms with Crippen molar-refractivity contribution in [2.24, 2.45) is 11.8 Å². The summed E-state index contributed by atoms with van der Waals surface area (Å²) in [7, 11) is 0. The van der Waals surface area contributed by atoms with Gasteiger partial charge >= 0.3 is 29.6 Å². The molecule has 0 bridgehead atoms. The zero-order valence-corrected chi connectivity index (χ0v) is 8.81. The first-order valence-corrected chi connectivity index (χ1v) is 3.06. The summed E-state index contributed by atoms with van der Waals surface area (Å²) < 4.78 is 0. The van der Waals surface area contributed by atoms with Crippen LogP contribution in [0, 0.1) is 23.2 Å². The van der Waals surface area contributed by atoms with Crippen molar-refractivity contribution < 1.29 is 31.0 Å². The fraction of sp³-hybridized carbons (Fsp3) is 0.857. The Kier molecular flexibility index (Phi) is 8.95. The van der Waals surface area contributed by atoms with Gasteiger partial charge in [-0.1, -0.05) is 13.8 Å². The number of hydrogen-bond donors (Lipinski definition) is 0. The molecule has 0 aromatic rings. The minimum Gasteiger partial charge on any atom is -1.00 e. The van der Waals surface area contributed by atoms with Crippen molar-refractivity contribution in [3.63, 3.8) is 0 Å². The molecule has 0 aliphatic rings. The predicted octanol–water partition coefficient (Wildman–Crippen LogP) is -0.691. The van der Waals surface area contributed by atoms with E-state index in [-0.39, 0.29) is 36.9 Å². The monoisotopic (exact) mass is 135 g/mol. The molecule has 0 aliphatic carbocycles. The summed E-state index contributed by atoms with van der Waals surface area (Å²) in [6.45, 7) is 6.22. The van der Waals surface area contributed by atoms with Crippen LogP contribution in [0.2, 0.25) is 0 Å². The van der Waals surface area contributed by atoms with Gasteiger partial charge in [-0.05, 0) is 19.3 Å². The zero-order valence-electron chi connectivity index (χ0n) is 7.81. The Morgan fingerprint density at radius 1 is 1.44 bits per heavy atom. The van der Waals surface area contributed by atoms with E-state index in [1.165, 1.54) is 0 Å². The Labute approximate surface area is 81.2 Å². The minimum absolute atomic E-state index is 0. The third kappa shape index (κ3) is 8.49. The maximum absolute atomic E-state index is 8.33. The molecule has 0 aliphatic heterocycles. The molecule has 2 heteroatoms. The summed E-state index contributed by atoms with van der Waals surface area (Å²) in [6.07, 6.45) is 1.02. The second kappa shape index (κ2) is 6.61. The van der Waals surface area contributed by atoms with E-state index in [1.54, 1.807) is 0 Å². The molecule has 1 nitrogen and oxygen atoms in total. The third-order valence-corrected chi connectivity index (χ3v) is 1.05. The molecule has 9 heavy (non-hydrogen) atoms. The van der Waals surface area contributed by atoms with E-state index in [2.05, 4.69) is 19.9 Å². The van der Waals surface area contributed by atoms with Crippen molar-refractivity contribution in [2.45, 2.75) is 27.2 Å². The Hall–Kier alpha value is 0.490. The number of nitriles is 1. The van der Waals surface area contributed by atoms with Gasteiger partial charge in [-0.25, -0.2) is 0 Å². The van der Waals surface area contributed by atoms with Crippen molar-refractivity contribution in [1.82, 2.24) is 0 Å². The standard InChI is InChI=1S/C7H13N.Na.H/c1-6(2)4-7(3)5-8;;/h6-7H,4H2,1-3H3;;/q;+1;-1. The van der Waals surface area contributed by atoms with Crippen LogP contribution in [-0.2, 0) is 0 Å². The van der Waals surface area contributed by atoms with Crippen molar-refractivity contribution in [3.8, 4) is 6.07 Å². The minimum atomic E-state index is 0. The summed E-state index contributed by atoms with van der Waals surface area (Å²) in [5.74, 6) is 0.889. The molecule has 0 saturated heterocycles. The molecule has 0 N–H and O–H groups in total. The topological polar surface area (TPSA) is 23.8 Å². The molecule has 0 aromatic heterocycles. The predicted molar refractivity (Wildman–Crippen MR) is 35.3 cm³/mol. The summed E-state index contributed by atoms with van der Waals surface area (Å²) in [5, 5.41) is 8.33. The molecule has 0 saturated carbocycles. The smallest absolute Gasteiger partial charge is 1.00 e. The second-order valence-corrected chi connectivity index (χ2v) is 2.66. The van der Waals surface area contributed by atoms with Crippen LogP contribution in [-0.4, -0.2) is 0 Å². The molecule has 0 amide bonds. The van der Waals surface area contributed by atoms with Gasteiger partial charge in [0.1, 0.15) is 0 Å². The van der Waals surface area contributed by atoms with E-state index in [0.717, 1.165) is 6.42 Å². The van der Waals surface area contributed by atoms with Crippen molar-refractivity contribution in [2.75, 3.05) is 0 Å². The molecular weight excluding hydrogens is 121 g/mol. The van der Waals surface area contributed by atoms with Gasteiger partial charge in [0.2, 0.25) is 0 Å². The Bertz CT molecular complexity index is 98.3. The van der Waals surface area contributed by atoms with Gasteiger partial charge in [-0.15, -0.1) is 0 Å². The Morgan fingerprint density at radius 2 is 1.89 bits per heavy atom. The summed E-state index contributed by atoms with van der Waals surface area (Å²) in [6, 6.07) is 2.20. The fourth-order valence-corrected chi connectivity index (χ4v) is 0.760. The van der Waals surface area contributed by atoms with E-state index in [1.807, 2.05) is 6.92 Å². The molecule has 0 radical (unpaired) electrons. The van der Waals surface area contributed by atoms with Gasteiger partial charge in [-0.2, -0.15) is 5.26 Å². The van der Waals surface area contributed by atoms with Crippen LogP contribution in [0.4, 0.5) is 0 Å².